The second kappa shape index (κ2) is 26.5. The monoisotopic (exact) mass is 930 g/mol. The van der Waals surface area contributed by atoms with Crippen LogP contribution in [0.15, 0.2) is 42.5 Å². The first-order chi connectivity index (χ1) is 31.2. The second-order valence-electron chi connectivity index (χ2n) is 19.3. The molecule has 1 aromatic carbocycles. The number of hydrogen-bond donors (Lipinski definition) is 4. The molecule has 0 spiro atoms. The summed E-state index contributed by atoms with van der Waals surface area (Å²) in [6, 6.07) is 6.65. The number of rotatable bonds is 23. The van der Waals surface area contributed by atoms with Gasteiger partial charge in [0, 0.05) is 47.4 Å². The average molecular weight is 930 g/mol. The Morgan fingerprint density at radius 3 is 2.14 bits per heavy atom. The third-order valence-corrected chi connectivity index (χ3v) is 13.9. The smallest absolute Gasteiger partial charge is 0.410 e. The first kappa shape index (κ1) is 56.2. The molecule has 0 unspecified atom stereocenters. The lowest BCUT2D eigenvalue weighted by atomic mass is 9.88. The summed E-state index contributed by atoms with van der Waals surface area (Å²) in [5.41, 5.74) is -0.865. The van der Waals surface area contributed by atoms with E-state index in [9.17, 15) is 34.2 Å². The van der Waals surface area contributed by atoms with Crippen molar-refractivity contribution in [2.75, 3.05) is 48.5 Å². The van der Waals surface area contributed by atoms with Gasteiger partial charge in [0.15, 0.2) is 5.60 Å². The number of aliphatic hydroxyl groups is 2. The van der Waals surface area contributed by atoms with Crippen LogP contribution in [0, 0.1) is 23.7 Å². The highest BCUT2D eigenvalue weighted by Crippen LogP contribution is 2.31. The van der Waals surface area contributed by atoms with Crippen molar-refractivity contribution in [1.82, 2.24) is 25.3 Å². The van der Waals surface area contributed by atoms with E-state index in [1.165, 1.54) is 19.1 Å². The van der Waals surface area contributed by atoms with Gasteiger partial charge in [0.1, 0.15) is 18.2 Å². The molecule has 1 aliphatic heterocycles. The molecule has 0 radical (unpaired) electrons. The standard InChI is InChI=1S/C50H83N5O11/c1-14-33(6)43(39(63-11)29-40(56)55-28-20-24-38(55)45(64-12)34(7)30-51-35(8)44(57)36-21-16-15-17-22-36)53(9)47(59)41(31(2)3)52-46(58)42(32(4)5)54(10)49(61)66-37-23-18-19-26-50(62,27-25-37)48(60)65-13/h15-18,21-23,31-35,37-39,41-45,51,57,62H,14,19-20,24-30H2,1-13H3,(H,52,58)/b23-18+/t33-,34-,35+,37-,38-,39+,41-,42-,43-,44+,45+,50-/m0/s1. The number of ether oxygens (including phenoxy) is 4. The quantitative estimate of drug-likeness (QED) is 0.0823. The van der Waals surface area contributed by atoms with Gasteiger partial charge < -0.3 is 49.6 Å². The fourth-order valence-corrected chi connectivity index (χ4v) is 9.66. The summed E-state index contributed by atoms with van der Waals surface area (Å²) in [6.45, 7) is 16.5. The van der Waals surface area contributed by atoms with Crippen molar-refractivity contribution >= 4 is 29.8 Å². The van der Waals surface area contributed by atoms with Crippen LogP contribution in [0.25, 0.3) is 0 Å². The van der Waals surface area contributed by atoms with E-state index in [1.807, 2.05) is 69.9 Å². The molecule has 16 nitrogen and oxygen atoms in total. The highest BCUT2D eigenvalue weighted by Gasteiger charge is 2.43. The first-order valence-corrected chi connectivity index (χ1v) is 24.0. The summed E-state index contributed by atoms with van der Waals surface area (Å²) in [5, 5.41) is 28.3. The largest absolute Gasteiger partial charge is 0.467 e. The Bertz CT molecular complexity index is 1730. The van der Waals surface area contributed by atoms with Crippen molar-refractivity contribution in [2.24, 2.45) is 23.7 Å². The number of methoxy groups -OCH3 is 3. The Kier molecular flexibility index (Phi) is 22.5. The van der Waals surface area contributed by atoms with Crippen LogP contribution in [0.1, 0.15) is 118 Å². The number of allylic oxidation sites excluding steroid dienone is 1. The number of amides is 4. The molecule has 4 N–H and O–H groups in total. The lowest BCUT2D eigenvalue weighted by Crippen LogP contribution is -2.60. The van der Waals surface area contributed by atoms with E-state index < -0.39 is 60.0 Å². The number of esters is 1. The number of likely N-dealkylation sites (N-methyl/N-ethyl adjacent to an activating group) is 2. The summed E-state index contributed by atoms with van der Waals surface area (Å²) < 4.78 is 22.8. The minimum absolute atomic E-state index is 0.0121. The number of benzene rings is 1. The van der Waals surface area contributed by atoms with Crippen LogP contribution in [0.4, 0.5) is 4.79 Å². The molecule has 1 fully saturated rings. The first-order valence-electron chi connectivity index (χ1n) is 24.0. The van der Waals surface area contributed by atoms with E-state index in [0.29, 0.717) is 25.9 Å². The maximum Gasteiger partial charge on any atom is 0.410 e. The molecule has 2 aliphatic rings. The number of carbonyl (C=O) groups excluding carboxylic acids is 5. The zero-order valence-corrected chi connectivity index (χ0v) is 42.0. The van der Waals surface area contributed by atoms with Gasteiger partial charge in [-0.2, -0.15) is 0 Å². The number of likely N-dealkylation sites (tertiary alicyclic amines) is 1. The lowest BCUT2D eigenvalue weighted by Gasteiger charge is -2.41. The molecule has 0 saturated carbocycles. The fraction of sp³-hybridized carbons (Fsp3) is 0.740. The lowest BCUT2D eigenvalue weighted by molar-refractivity contribution is -0.164. The minimum atomic E-state index is -1.70. The molecule has 16 heteroatoms. The van der Waals surface area contributed by atoms with Gasteiger partial charge in [0.2, 0.25) is 17.7 Å². The van der Waals surface area contributed by atoms with Gasteiger partial charge in [-0.3, -0.25) is 19.3 Å². The predicted molar refractivity (Wildman–Crippen MR) is 253 cm³/mol. The maximum atomic E-state index is 14.6. The maximum absolute atomic E-state index is 14.6. The molecule has 4 amide bonds. The van der Waals surface area contributed by atoms with Crippen LogP contribution in [0.2, 0.25) is 0 Å². The minimum Gasteiger partial charge on any atom is -0.467 e. The molecule has 0 aromatic heterocycles. The van der Waals surface area contributed by atoms with Crippen LogP contribution in [0.3, 0.4) is 0 Å². The van der Waals surface area contributed by atoms with E-state index >= 15 is 0 Å². The van der Waals surface area contributed by atoms with E-state index in [-0.39, 0.29) is 79.4 Å². The Morgan fingerprint density at radius 2 is 1.56 bits per heavy atom. The Balaban J connectivity index is 1.74. The highest BCUT2D eigenvalue weighted by atomic mass is 16.6. The van der Waals surface area contributed by atoms with Crippen LogP contribution in [-0.4, -0.2) is 157 Å². The van der Waals surface area contributed by atoms with Crippen LogP contribution in [0.5, 0.6) is 0 Å². The van der Waals surface area contributed by atoms with Crippen molar-refractivity contribution in [1.29, 1.82) is 0 Å². The third-order valence-electron chi connectivity index (χ3n) is 13.9. The van der Waals surface area contributed by atoms with Gasteiger partial charge in [0.25, 0.3) is 0 Å². The molecule has 12 atom stereocenters. The van der Waals surface area contributed by atoms with Crippen molar-refractivity contribution in [3.8, 4) is 0 Å². The van der Waals surface area contributed by atoms with Gasteiger partial charge in [0.05, 0.1) is 43.9 Å². The molecule has 3 rings (SSSR count). The Hall–Kier alpha value is -4.09. The zero-order chi connectivity index (χ0) is 49.5. The summed E-state index contributed by atoms with van der Waals surface area (Å²) in [4.78, 5) is 73.8. The number of carbonyl (C=O) groups is 5. The van der Waals surface area contributed by atoms with Crippen molar-refractivity contribution in [3.05, 3.63) is 48.0 Å². The normalized spacial score (nSPS) is 23.5. The van der Waals surface area contributed by atoms with Crippen LogP contribution >= 0.6 is 0 Å². The SMILES string of the molecule is CC[C@H](C)[C@@H]([C@@H](CC(=O)N1CCC[C@H]1[C@H](OC)[C@@H](C)CN[C@H](C)[C@@H](O)c1ccccc1)OC)N(C)C(=O)[C@@H](NC(=O)[C@H](C(C)C)N(C)C(=O)O[C@H]1/C=C/CC[C@@](O)(C(=O)OC)CC1)C(C)C. The molecule has 1 heterocycles. The molecule has 1 aromatic rings. The zero-order valence-electron chi connectivity index (χ0n) is 42.0. The van der Waals surface area contributed by atoms with E-state index in [0.717, 1.165) is 18.4 Å². The number of nitrogens with one attached hydrogen (secondary N) is 2. The average Bonchev–Trinajstić information content (AvgIpc) is 3.78. The van der Waals surface area contributed by atoms with Gasteiger partial charge in [-0.05, 0) is 80.8 Å². The highest BCUT2D eigenvalue weighted by molar-refractivity contribution is 5.92. The third kappa shape index (κ3) is 14.7. The summed E-state index contributed by atoms with van der Waals surface area (Å²) in [6.07, 6.45) is 3.37. The number of nitrogens with zero attached hydrogens (tertiary/aromatic N) is 3. The van der Waals surface area contributed by atoms with Gasteiger partial charge in [-0.15, -0.1) is 0 Å². The van der Waals surface area contributed by atoms with Gasteiger partial charge >= 0.3 is 12.1 Å². The molecule has 66 heavy (non-hydrogen) atoms. The van der Waals surface area contributed by atoms with Gasteiger partial charge in [-0.25, -0.2) is 9.59 Å². The summed E-state index contributed by atoms with van der Waals surface area (Å²) in [7, 11) is 7.60. The molecular formula is C50H83N5O11. The van der Waals surface area contributed by atoms with E-state index in [2.05, 4.69) is 17.6 Å². The van der Waals surface area contributed by atoms with E-state index in [1.54, 1.807) is 52.2 Å². The van der Waals surface area contributed by atoms with Crippen LogP contribution < -0.4 is 10.6 Å². The summed E-state index contributed by atoms with van der Waals surface area (Å²) >= 11 is 0. The molecular weight excluding hydrogens is 847 g/mol. The van der Waals surface area contributed by atoms with Crippen molar-refractivity contribution in [3.63, 3.8) is 0 Å². The molecule has 374 valence electrons. The fourth-order valence-electron chi connectivity index (χ4n) is 9.66. The second-order valence-corrected chi connectivity index (χ2v) is 19.3. The molecule has 1 saturated heterocycles. The van der Waals surface area contributed by atoms with E-state index in [4.69, 9.17) is 18.9 Å². The summed E-state index contributed by atoms with van der Waals surface area (Å²) in [5.74, 6) is -2.52. The molecule has 0 bridgehead atoms. The van der Waals surface area contributed by atoms with Crippen molar-refractivity contribution < 1.29 is 53.1 Å². The predicted octanol–water partition coefficient (Wildman–Crippen LogP) is 5.26. The Labute approximate surface area is 394 Å². The Morgan fingerprint density at radius 1 is 0.894 bits per heavy atom. The topological polar surface area (TPSA) is 197 Å². The number of aliphatic hydroxyl groups excluding tert-OH is 1. The van der Waals surface area contributed by atoms with Crippen molar-refractivity contribution in [2.45, 2.75) is 167 Å². The molecule has 1 aliphatic carbocycles. The van der Waals surface area contributed by atoms with Gasteiger partial charge in [-0.1, -0.05) is 91.3 Å². The van der Waals surface area contributed by atoms with Crippen LogP contribution in [-0.2, 0) is 38.1 Å². The number of hydrogen-bond acceptors (Lipinski definition) is 12.